The third-order valence-electron chi connectivity index (χ3n) is 2.76. The first-order valence-corrected chi connectivity index (χ1v) is 5.76. The van der Waals surface area contributed by atoms with Gasteiger partial charge in [0.05, 0.1) is 0 Å². The van der Waals surface area contributed by atoms with Gasteiger partial charge in [0.15, 0.2) is 0 Å². The minimum atomic E-state index is -2.43. The zero-order chi connectivity index (χ0) is 13.9. The molecule has 2 rings (SSSR count). The maximum atomic E-state index is 14.0. The molecule has 0 aliphatic carbocycles. The molecule has 1 N–H and O–H groups in total. The molecule has 0 aliphatic rings. The molecule has 4 heteroatoms. The van der Waals surface area contributed by atoms with Crippen LogP contribution in [0.15, 0.2) is 54.6 Å². The number of carbonyl (C=O) groups is 1. The SMILES string of the molecule is CC(F)(C(=O)O)c1cccc(Oc2ccccc2)c1. The van der Waals surface area contributed by atoms with Crippen molar-refractivity contribution in [2.75, 3.05) is 0 Å². The van der Waals surface area contributed by atoms with E-state index in [1.807, 2.05) is 18.2 Å². The summed E-state index contributed by atoms with van der Waals surface area (Å²) in [5.41, 5.74) is -2.38. The predicted octanol–water partition coefficient (Wildman–Crippen LogP) is 3.75. The molecule has 19 heavy (non-hydrogen) atoms. The Labute approximate surface area is 110 Å². The normalized spacial score (nSPS) is 13.6. The predicted molar refractivity (Wildman–Crippen MR) is 69.1 cm³/mol. The second-order valence-electron chi connectivity index (χ2n) is 4.25. The molecule has 0 aromatic heterocycles. The summed E-state index contributed by atoms with van der Waals surface area (Å²) in [5, 5.41) is 8.86. The number of hydrogen-bond acceptors (Lipinski definition) is 2. The standard InChI is InChI=1S/C15H13FO3/c1-15(16,14(17)18)11-6-5-9-13(10-11)19-12-7-3-2-4-8-12/h2-10H,1H3,(H,17,18). The highest BCUT2D eigenvalue weighted by Gasteiger charge is 2.35. The van der Waals surface area contributed by atoms with E-state index < -0.39 is 11.6 Å². The van der Waals surface area contributed by atoms with Crippen LogP contribution in [-0.4, -0.2) is 11.1 Å². The van der Waals surface area contributed by atoms with Crippen molar-refractivity contribution in [3.05, 3.63) is 60.2 Å². The maximum Gasteiger partial charge on any atom is 0.345 e. The Kier molecular flexibility index (Phi) is 3.51. The van der Waals surface area contributed by atoms with Crippen molar-refractivity contribution in [2.45, 2.75) is 12.6 Å². The second kappa shape index (κ2) is 5.10. The first-order valence-electron chi connectivity index (χ1n) is 5.76. The molecule has 1 atom stereocenters. The van der Waals surface area contributed by atoms with Crippen LogP contribution in [0.2, 0.25) is 0 Å². The maximum absolute atomic E-state index is 14.0. The van der Waals surface area contributed by atoms with Crippen LogP contribution >= 0.6 is 0 Å². The van der Waals surface area contributed by atoms with Crippen molar-refractivity contribution in [1.29, 1.82) is 0 Å². The van der Waals surface area contributed by atoms with Crippen molar-refractivity contribution < 1.29 is 19.0 Å². The van der Waals surface area contributed by atoms with Crippen molar-refractivity contribution in [3.8, 4) is 11.5 Å². The first kappa shape index (κ1) is 13.1. The van der Waals surface area contributed by atoms with Gasteiger partial charge in [-0.3, -0.25) is 0 Å². The summed E-state index contributed by atoms with van der Waals surface area (Å²) >= 11 is 0. The number of halogens is 1. The Morgan fingerprint density at radius 1 is 1.11 bits per heavy atom. The van der Waals surface area contributed by atoms with Crippen LogP contribution in [-0.2, 0) is 10.5 Å². The van der Waals surface area contributed by atoms with Gasteiger partial charge in [-0.25, -0.2) is 9.18 Å². The molecular weight excluding hydrogens is 247 g/mol. The number of benzene rings is 2. The molecule has 0 radical (unpaired) electrons. The Bertz CT molecular complexity index is 579. The number of carboxylic acids is 1. The van der Waals surface area contributed by atoms with Crippen LogP contribution in [0.1, 0.15) is 12.5 Å². The fourth-order valence-corrected chi connectivity index (χ4v) is 1.60. The average Bonchev–Trinajstić information content (AvgIpc) is 2.40. The van der Waals surface area contributed by atoms with Crippen LogP contribution in [0.4, 0.5) is 4.39 Å². The van der Waals surface area contributed by atoms with Gasteiger partial charge in [0.1, 0.15) is 11.5 Å². The molecular formula is C15H13FO3. The van der Waals surface area contributed by atoms with E-state index in [1.165, 1.54) is 12.1 Å². The fraction of sp³-hybridized carbons (Fsp3) is 0.133. The number of hydrogen-bond donors (Lipinski definition) is 1. The molecule has 1 unspecified atom stereocenters. The van der Waals surface area contributed by atoms with Gasteiger partial charge in [-0.1, -0.05) is 30.3 Å². The lowest BCUT2D eigenvalue weighted by Crippen LogP contribution is -2.26. The number of carboxylic acid groups (broad SMARTS) is 1. The zero-order valence-electron chi connectivity index (χ0n) is 10.3. The van der Waals surface area contributed by atoms with Crippen LogP contribution in [0.3, 0.4) is 0 Å². The van der Waals surface area contributed by atoms with E-state index in [-0.39, 0.29) is 5.56 Å². The smallest absolute Gasteiger partial charge is 0.345 e. The molecule has 2 aromatic rings. The van der Waals surface area contributed by atoms with Crippen molar-refractivity contribution in [3.63, 3.8) is 0 Å². The van der Waals surface area contributed by atoms with E-state index in [9.17, 15) is 9.18 Å². The van der Waals surface area contributed by atoms with E-state index in [0.29, 0.717) is 11.5 Å². The van der Waals surface area contributed by atoms with Crippen LogP contribution in [0.5, 0.6) is 11.5 Å². The van der Waals surface area contributed by atoms with E-state index in [2.05, 4.69) is 0 Å². The van der Waals surface area contributed by atoms with Gasteiger partial charge in [-0.2, -0.15) is 0 Å². The number of aliphatic carboxylic acids is 1. The summed E-state index contributed by atoms with van der Waals surface area (Å²) in [5.74, 6) is -0.520. The topological polar surface area (TPSA) is 46.5 Å². The lowest BCUT2D eigenvalue weighted by molar-refractivity contribution is -0.150. The molecule has 0 amide bonds. The van der Waals surface area contributed by atoms with E-state index in [0.717, 1.165) is 6.92 Å². The van der Waals surface area contributed by atoms with Gasteiger partial charge < -0.3 is 9.84 Å². The number of rotatable bonds is 4. The fourth-order valence-electron chi connectivity index (χ4n) is 1.60. The zero-order valence-corrected chi connectivity index (χ0v) is 10.3. The van der Waals surface area contributed by atoms with Crippen LogP contribution in [0, 0.1) is 0 Å². The highest BCUT2D eigenvalue weighted by atomic mass is 19.1. The minimum absolute atomic E-state index is 0.0495. The third kappa shape index (κ3) is 2.91. The van der Waals surface area contributed by atoms with E-state index >= 15 is 0 Å². The van der Waals surface area contributed by atoms with E-state index in [1.54, 1.807) is 24.3 Å². The van der Waals surface area contributed by atoms with Crippen LogP contribution < -0.4 is 4.74 Å². The molecule has 0 heterocycles. The second-order valence-corrected chi connectivity index (χ2v) is 4.25. The van der Waals surface area contributed by atoms with E-state index in [4.69, 9.17) is 9.84 Å². The minimum Gasteiger partial charge on any atom is -0.479 e. The molecule has 0 bridgehead atoms. The third-order valence-corrected chi connectivity index (χ3v) is 2.76. The van der Waals surface area contributed by atoms with Gasteiger partial charge in [0.25, 0.3) is 0 Å². The van der Waals surface area contributed by atoms with Gasteiger partial charge >= 0.3 is 5.97 Å². The first-order chi connectivity index (χ1) is 9.00. The lowest BCUT2D eigenvalue weighted by atomic mass is 9.98. The summed E-state index contributed by atoms with van der Waals surface area (Å²) in [6.07, 6.45) is 0. The highest BCUT2D eigenvalue weighted by molar-refractivity contribution is 5.78. The molecule has 3 nitrogen and oxygen atoms in total. The number of alkyl halides is 1. The summed E-state index contributed by atoms with van der Waals surface area (Å²) in [4.78, 5) is 10.9. The lowest BCUT2D eigenvalue weighted by Gasteiger charge is -2.16. The molecule has 98 valence electrons. The van der Waals surface area contributed by atoms with Crippen molar-refractivity contribution >= 4 is 5.97 Å². The Balaban J connectivity index is 2.28. The molecule has 0 fully saturated rings. The Hall–Kier alpha value is -2.36. The molecule has 0 aliphatic heterocycles. The summed E-state index contributed by atoms with van der Waals surface area (Å²) in [6, 6.07) is 15.0. The average molecular weight is 260 g/mol. The van der Waals surface area contributed by atoms with Crippen molar-refractivity contribution in [2.24, 2.45) is 0 Å². The summed E-state index contributed by atoms with van der Waals surface area (Å²) in [7, 11) is 0. The quantitative estimate of drug-likeness (QED) is 0.910. The monoisotopic (exact) mass is 260 g/mol. The number of ether oxygens (including phenoxy) is 1. The largest absolute Gasteiger partial charge is 0.479 e. The van der Waals surface area contributed by atoms with Crippen LogP contribution in [0.25, 0.3) is 0 Å². The van der Waals surface area contributed by atoms with Gasteiger partial charge in [0.2, 0.25) is 5.67 Å². The van der Waals surface area contributed by atoms with Gasteiger partial charge in [-0.05, 0) is 31.2 Å². The number of para-hydroxylation sites is 1. The molecule has 0 spiro atoms. The molecule has 2 aromatic carbocycles. The van der Waals surface area contributed by atoms with Gasteiger partial charge in [0, 0.05) is 5.56 Å². The Morgan fingerprint density at radius 3 is 2.37 bits per heavy atom. The summed E-state index contributed by atoms with van der Waals surface area (Å²) in [6.45, 7) is 1.01. The Morgan fingerprint density at radius 2 is 1.74 bits per heavy atom. The van der Waals surface area contributed by atoms with Crippen molar-refractivity contribution in [1.82, 2.24) is 0 Å². The van der Waals surface area contributed by atoms with Gasteiger partial charge in [-0.15, -0.1) is 0 Å². The summed E-state index contributed by atoms with van der Waals surface area (Å²) < 4.78 is 19.5. The molecule has 0 saturated heterocycles. The highest BCUT2D eigenvalue weighted by Crippen LogP contribution is 2.30. The molecule has 0 saturated carbocycles.